The molecule has 1 atom stereocenters. The third-order valence-electron chi connectivity index (χ3n) is 4.50. The van der Waals surface area contributed by atoms with Gasteiger partial charge in [0.2, 0.25) is 0 Å². The molecule has 0 aliphatic carbocycles. The first-order valence-corrected chi connectivity index (χ1v) is 8.15. The molecule has 1 fully saturated rings. The number of methoxy groups -OCH3 is 1. The van der Waals surface area contributed by atoms with Crippen molar-refractivity contribution in [3.8, 4) is 5.75 Å². The van der Waals surface area contributed by atoms with Gasteiger partial charge < -0.3 is 9.64 Å². The Balaban J connectivity index is 1.92. The lowest BCUT2D eigenvalue weighted by molar-refractivity contribution is -0.129. The maximum absolute atomic E-state index is 12.2. The smallest absolute Gasteiger partial charge is 0.255 e. The lowest BCUT2D eigenvalue weighted by atomic mass is 9.90. The summed E-state index contributed by atoms with van der Waals surface area (Å²) in [6, 6.07) is 15.3. The lowest BCUT2D eigenvalue weighted by Gasteiger charge is -2.20. The number of anilines is 1. The van der Waals surface area contributed by atoms with Crippen LogP contribution < -0.4 is 15.1 Å². The summed E-state index contributed by atoms with van der Waals surface area (Å²) in [6.45, 7) is 2.16. The Kier molecular flexibility index (Phi) is 5.01. The molecule has 3 rings (SSSR count). The van der Waals surface area contributed by atoms with E-state index in [0.717, 1.165) is 24.2 Å². The van der Waals surface area contributed by atoms with Gasteiger partial charge in [0.25, 0.3) is 5.91 Å². The fourth-order valence-electron chi connectivity index (χ4n) is 3.23. The zero-order valence-electron chi connectivity index (χ0n) is 13.7. The van der Waals surface area contributed by atoms with Crippen LogP contribution >= 0.6 is 0 Å². The quantitative estimate of drug-likeness (QED) is 0.655. The van der Waals surface area contributed by atoms with E-state index in [0.29, 0.717) is 5.75 Å². The number of nitrogens with one attached hydrogen (secondary N) is 1. The summed E-state index contributed by atoms with van der Waals surface area (Å²) in [5.41, 5.74) is 4.55. The van der Waals surface area contributed by atoms with Crippen LogP contribution in [0.15, 0.2) is 48.5 Å². The molecular formula is C19H22N2O3. The molecule has 24 heavy (non-hydrogen) atoms. The number of amides is 1. The number of hydrogen-bond donors (Lipinski definition) is 2. The van der Waals surface area contributed by atoms with Gasteiger partial charge in [-0.15, -0.1) is 0 Å². The molecule has 0 radical (unpaired) electrons. The minimum absolute atomic E-state index is 0.461. The number of carbonyl (C=O) groups excluding carboxylic acids is 1. The Morgan fingerprint density at radius 1 is 1.12 bits per heavy atom. The molecule has 1 aliphatic rings. The summed E-state index contributed by atoms with van der Waals surface area (Å²) in [5, 5.41) is 9.14. The summed E-state index contributed by atoms with van der Waals surface area (Å²) >= 11 is 0. The third kappa shape index (κ3) is 3.36. The molecule has 2 aromatic rings. The first-order valence-electron chi connectivity index (χ1n) is 8.15. The Hall–Kier alpha value is -2.53. The van der Waals surface area contributed by atoms with Gasteiger partial charge in [0.15, 0.2) is 0 Å². The van der Waals surface area contributed by atoms with Crippen LogP contribution in [0.4, 0.5) is 5.69 Å². The van der Waals surface area contributed by atoms with Crippen molar-refractivity contribution in [1.29, 1.82) is 0 Å². The van der Waals surface area contributed by atoms with Gasteiger partial charge in [0.1, 0.15) is 5.75 Å². The Labute approximate surface area is 141 Å². The Bertz CT molecular complexity index is 694. The lowest BCUT2D eigenvalue weighted by Crippen LogP contribution is -2.27. The first-order chi connectivity index (χ1) is 11.7. The van der Waals surface area contributed by atoms with Crippen molar-refractivity contribution in [1.82, 2.24) is 5.48 Å². The highest BCUT2D eigenvalue weighted by Gasteiger charge is 2.23. The van der Waals surface area contributed by atoms with Gasteiger partial charge in [0.05, 0.1) is 13.0 Å². The second-order valence-electron chi connectivity index (χ2n) is 5.97. The number of hydroxylamine groups is 1. The van der Waals surface area contributed by atoms with Crippen molar-refractivity contribution in [2.45, 2.75) is 18.8 Å². The Morgan fingerprint density at radius 2 is 1.83 bits per heavy atom. The molecule has 1 heterocycles. The molecule has 2 aromatic carbocycles. The van der Waals surface area contributed by atoms with E-state index >= 15 is 0 Å². The van der Waals surface area contributed by atoms with E-state index in [4.69, 9.17) is 9.94 Å². The van der Waals surface area contributed by atoms with Gasteiger partial charge >= 0.3 is 0 Å². The fraction of sp³-hybridized carbons (Fsp3) is 0.316. The number of carbonyl (C=O) groups is 1. The van der Waals surface area contributed by atoms with Crippen molar-refractivity contribution in [2.75, 3.05) is 25.1 Å². The molecule has 0 bridgehead atoms. The average Bonchev–Trinajstić information content (AvgIpc) is 3.17. The second-order valence-corrected chi connectivity index (χ2v) is 5.97. The van der Waals surface area contributed by atoms with Crippen LogP contribution in [0.2, 0.25) is 0 Å². The van der Waals surface area contributed by atoms with Crippen molar-refractivity contribution in [2.24, 2.45) is 0 Å². The third-order valence-corrected chi connectivity index (χ3v) is 4.50. The summed E-state index contributed by atoms with van der Waals surface area (Å²) in [7, 11) is 1.59. The van der Waals surface area contributed by atoms with Gasteiger partial charge in [-0.1, -0.05) is 24.3 Å². The van der Waals surface area contributed by atoms with Crippen LogP contribution in [0, 0.1) is 0 Å². The van der Waals surface area contributed by atoms with Crippen molar-refractivity contribution in [3.05, 3.63) is 59.7 Å². The van der Waals surface area contributed by atoms with Crippen molar-refractivity contribution < 1.29 is 14.7 Å². The predicted molar refractivity (Wildman–Crippen MR) is 92.7 cm³/mol. The molecule has 5 heteroatoms. The summed E-state index contributed by atoms with van der Waals surface area (Å²) in [4.78, 5) is 14.6. The van der Waals surface area contributed by atoms with Crippen LogP contribution in [0.25, 0.3) is 0 Å². The highest BCUT2D eigenvalue weighted by molar-refractivity contribution is 5.86. The summed E-state index contributed by atoms with van der Waals surface area (Å²) < 4.78 is 5.24. The largest absolute Gasteiger partial charge is 0.497 e. The highest BCUT2D eigenvalue weighted by Crippen LogP contribution is 2.30. The van der Waals surface area contributed by atoms with Gasteiger partial charge in [-0.3, -0.25) is 10.0 Å². The monoisotopic (exact) mass is 326 g/mol. The molecule has 0 aromatic heterocycles. The Morgan fingerprint density at radius 3 is 2.46 bits per heavy atom. The van der Waals surface area contributed by atoms with Gasteiger partial charge in [-0.2, -0.15) is 0 Å². The molecule has 0 saturated carbocycles. The molecule has 2 N–H and O–H groups in total. The summed E-state index contributed by atoms with van der Waals surface area (Å²) in [5.74, 6) is -0.369. The van der Waals surface area contributed by atoms with Gasteiger partial charge in [0, 0.05) is 18.8 Å². The maximum Gasteiger partial charge on any atom is 0.255 e. The number of benzene rings is 2. The predicted octanol–water partition coefficient (Wildman–Crippen LogP) is 2.93. The van der Waals surface area contributed by atoms with E-state index in [1.165, 1.54) is 18.5 Å². The maximum atomic E-state index is 12.2. The van der Waals surface area contributed by atoms with Crippen LogP contribution in [0.5, 0.6) is 5.75 Å². The zero-order valence-corrected chi connectivity index (χ0v) is 13.7. The number of hydrogen-bond acceptors (Lipinski definition) is 4. The molecule has 1 aliphatic heterocycles. The van der Waals surface area contributed by atoms with Crippen LogP contribution in [0.1, 0.15) is 29.9 Å². The summed E-state index contributed by atoms with van der Waals surface area (Å²) in [6.07, 6.45) is 2.45. The standard InChI is InChI=1S/C19H22N2O3/c1-24-17-6-4-5-15(13-17)18(19(22)20-23)14-7-9-16(10-8-14)21-11-2-3-12-21/h4-10,13,18,23H,2-3,11-12H2,1H3,(H,20,22). The molecular weight excluding hydrogens is 304 g/mol. The van der Waals surface area contributed by atoms with E-state index in [2.05, 4.69) is 4.90 Å². The van der Waals surface area contributed by atoms with E-state index in [9.17, 15) is 4.79 Å². The van der Waals surface area contributed by atoms with Gasteiger partial charge in [-0.05, 0) is 48.2 Å². The van der Waals surface area contributed by atoms with Crippen molar-refractivity contribution >= 4 is 11.6 Å². The normalized spacial score (nSPS) is 15.2. The molecule has 1 saturated heterocycles. The average molecular weight is 326 g/mol. The topological polar surface area (TPSA) is 61.8 Å². The van der Waals surface area contributed by atoms with Crippen LogP contribution in [-0.4, -0.2) is 31.3 Å². The second kappa shape index (κ2) is 7.36. The molecule has 1 unspecified atom stereocenters. The minimum atomic E-state index is -0.585. The number of nitrogens with zero attached hydrogens (tertiary/aromatic N) is 1. The zero-order chi connectivity index (χ0) is 16.9. The molecule has 1 amide bonds. The fourth-order valence-corrected chi connectivity index (χ4v) is 3.23. The minimum Gasteiger partial charge on any atom is -0.497 e. The number of rotatable bonds is 5. The highest BCUT2D eigenvalue weighted by atomic mass is 16.5. The first kappa shape index (κ1) is 16.3. The molecule has 126 valence electrons. The van der Waals surface area contributed by atoms with Crippen molar-refractivity contribution in [3.63, 3.8) is 0 Å². The molecule has 5 nitrogen and oxygen atoms in total. The van der Waals surface area contributed by atoms with Crippen LogP contribution in [0.3, 0.4) is 0 Å². The number of ether oxygens (including phenoxy) is 1. The SMILES string of the molecule is COc1cccc(C(C(=O)NO)c2ccc(N3CCCC3)cc2)c1. The van der Waals surface area contributed by atoms with E-state index < -0.39 is 11.8 Å². The molecule has 0 spiro atoms. The van der Waals surface area contributed by atoms with Gasteiger partial charge in [-0.25, -0.2) is 5.48 Å². The van der Waals surface area contributed by atoms with E-state index in [1.54, 1.807) is 12.6 Å². The van der Waals surface area contributed by atoms with Crippen LogP contribution in [-0.2, 0) is 4.79 Å². The van der Waals surface area contributed by atoms with E-state index in [-0.39, 0.29) is 0 Å². The van der Waals surface area contributed by atoms with E-state index in [1.807, 2.05) is 48.5 Å².